The maximum Gasteiger partial charge on any atom is 0.183 e. The van der Waals surface area contributed by atoms with Crippen molar-refractivity contribution in [1.82, 2.24) is 0 Å². The van der Waals surface area contributed by atoms with Crippen LogP contribution in [0.2, 0.25) is 0 Å². The summed E-state index contributed by atoms with van der Waals surface area (Å²) in [4.78, 5) is 0.187. The third kappa shape index (κ3) is 2.04. The lowest BCUT2D eigenvalue weighted by Gasteiger charge is -2.05. The average Bonchev–Trinajstić information content (AvgIpc) is 3.27. The predicted molar refractivity (Wildman–Crippen MR) is 81.7 cm³/mol. The van der Waals surface area contributed by atoms with Crippen LogP contribution in [-0.2, 0) is 9.84 Å². The van der Waals surface area contributed by atoms with Crippen molar-refractivity contribution in [2.75, 3.05) is 6.61 Å². The van der Waals surface area contributed by atoms with E-state index >= 15 is 0 Å². The molecule has 1 fully saturated rings. The molecule has 3 rings (SSSR count). The minimum Gasteiger partial charge on any atom is -0.395 e. The first-order chi connectivity index (χ1) is 10.6. The molecule has 0 aromatic heterocycles. The summed E-state index contributed by atoms with van der Waals surface area (Å²) in [6, 6.07) is 19.2. The van der Waals surface area contributed by atoms with Gasteiger partial charge in [0, 0.05) is 5.92 Å². The van der Waals surface area contributed by atoms with Gasteiger partial charge < -0.3 is 5.11 Å². The number of rotatable bonds is 4. The fourth-order valence-electron chi connectivity index (χ4n) is 3.11. The van der Waals surface area contributed by atoms with Crippen molar-refractivity contribution in [3.63, 3.8) is 0 Å². The first kappa shape index (κ1) is 14.8. The molecule has 1 aliphatic carbocycles. The van der Waals surface area contributed by atoms with E-state index in [1.54, 1.807) is 42.5 Å². The average molecular weight is 313 g/mol. The van der Waals surface area contributed by atoms with Crippen LogP contribution in [0.1, 0.15) is 11.5 Å². The van der Waals surface area contributed by atoms with Crippen molar-refractivity contribution < 1.29 is 13.5 Å². The molecular formula is C17H15NO3S. The van der Waals surface area contributed by atoms with Gasteiger partial charge in [-0.3, -0.25) is 0 Å². The van der Waals surface area contributed by atoms with Gasteiger partial charge in [-0.1, -0.05) is 48.5 Å². The van der Waals surface area contributed by atoms with Crippen LogP contribution in [0.15, 0.2) is 65.6 Å². The zero-order valence-electron chi connectivity index (χ0n) is 11.8. The number of aliphatic hydroxyl groups excluding tert-OH is 1. The van der Waals surface area contributed by atoms with Crippen LogP contribution < -0.4 is 0 Å². The number of nitrogens with zero attached hydrogens (tertiary/aromatic N) is 1. The van der Waals surface area contributed by atoms with Crippen molar-refractivity contribution >= 4 is 9.84 Å². The fourth-order valence-corrected chi connectivity index (χ4v) is 5.44. The van der Waals surface area contributed by atoms with E-state index in [-0.39, 0.29) is 4.90 Å². The Morgan fingerprint density at radius 1 is 1.05 bits per heavy atom. The summed E-state index contributed by atoms with van der Waals surface area (Å²) in [6.07, 6.45) is 0. The van der Waals surface area contributed by atoms with Crippen LogP contribution in [0.3, 0.4) is 0 Å². The molecule has 3 atom stereocenters. The van der Waals surface area contributed by atoms with Crippen molar-refractivity contribution in [3.05, 3.63) is 66.2 Å². The van der Waals surface area contributed by atoms with Gasteiger partial charge >= 0.3 is 0 Å². The SMILES string of the molecule is N#C[C@]1(CO)[C@H](c2ccccc2)[C@H]1S(=O)(=O)c1ccccc1. The molecule has 1 N–H and O–H groups in total. The summed E-state index contributed by atoms with van der Waals surface area (Å²) in [5.41, 5.74) is -0.502. The molecule has 2 aromatic carbocycles. The van der Waals surface area contributed by atoms with Gasteiger partial charge in [-0.15, -0.1) is 0 Å². The molecule has 2 aromatic rings. The quantitative estimate of drug-likeness (QED) is 0.938. The predicted octanol–water partition coefficient (Wildman–Crippen LogP) is 2.13. The van der Waals surface area contributed by atoms with Gasteiger partial charge in [-0.2, -0.15) is 5.26 Å². The van der Waals surface area contributed by atoms with E-state index < -0.39 is 33.0 Å². The van der Waals surface area contributed by atoms with E-state index in [1.807, 2.05) is 12.1 Å². The molecule has 4 nitrogen and oxygen atoms in total. The van der Waals surface area contributed by atoms with Crippen molar-refractivity contribution in [2.45, 2.75) is 16.1 Å². The van der Waals surface area contributed by atoms with Crippen molar-refractivity contribution in [3.8, 4) is 6.07 Å². The Morgan fingerprint density at radius 2 is 1.59 bits per heavy atom. The summed E-state index contributed by atoms with van der Waals surface area (Å²) < 4.78 is 25.7. The van der Waals surface area contributed by atoms with E-state index in [2.05, 4.69) is 0 Å². The van der Waals surface area contributed by atoms with E-state index in [0.717, 1.165) is 5.56 Å². The van der Waals surface area contributed by atoms with Gasteiger partial charge in [0.15, 0.2) is 9.84 Å². The molecule has 1 aliphatic rings. The van der Waals surface area contributed by atoms with Gasteiger partial charge in [-0.25, -0.2) is 8.42 Å². The lowest BCUT2D eigenvalue weighted by Crippen LogP contribution is -2.18. The van der Waals surface area contributed by atoms with Crippen LogP contribution >= 0.6 is 0 Å². The zero-order chi connectivity index (χ0) is 15.8. The summed E-state index contributed by atoms with van der Waals surface area (Å²) in [7, 11) is -3.68. The van der Waals surface area contributed by atoms with Crippen LogP contribution in [0.4, 0.5) is 0 Å². The lowest BCUT2D eigenvalue weighted by atomic mass is 10.0. The Labute approximate surface area is 129 Å². The molecule has 5 heteroatoms. The Balaban J connectivity index is 2.08. The number of hydrogen-bond donors (Lipinski definition) is 1. The molecule has 0 saturated heterocycles. The summed E-state index contributed by atoms with van der Waals surface area (Å²) in [5.74, 6) is -0.506. The largest absolute Gasteiger partial charge is 0.395 e. The Kier molecular flexibility index (Phi) is 3.51. The Morgan fingerprint density at radius 3 is 2.09 bits per heavy atom. The van der Waals surface area contributed by atoms with Crippen molar-refractivity contribution in [2.24, 2.45) is 5.41 Å². The highest BCUT2D eigenvalue weighted by molar-refractivity contribution is 7.92. The molecule has 22 heavy (non-hydrogen) atoms. The summed E-state index contributed by atoms with van der Waals surface area (Å²) in [5, 5.41) is 18.3. The fraction of sp³-hybridized carbons (Fsp3) is 0.235. The van der Waals surface area contributed by atoms with Gasteiger partial charge in [0.2, 0.25) is 0 Å². The maximum atomic E-state index is 12.8. The van der Waals surface area contributed by atoms with Gasteiger partial charge in [0.25, 0.3) is 0 Å². The highest BCUT2D eigenvalue weighted by Crippen LogP contribution is 2.63. The highest BCUT2D eigenvalue weighted by atomic mass is 32.2. The van der Waals surface area contributed by atoms with Crippen LogP contribution in [0.5, 0.6) is 0 Å². The minimum absolute atomic E-state index is 0.187. The Bertz CT molecular complexity index is 812. The molecule has 0 heterocycles. The first-order valence-electron chi connectivity index (χ1n) is 6.94. The third-order valence-corrected chi connectivity index (χ3v) is 6.58. The number of hydrogen-bond acceptors (Lipinski definition) is 4. The second-order valence-corrected chi connectivity index (χ2v) is 7.55. The lowest BCUT2D eigenvalue weighted by molar-refractivity contribution is 0.242. The van der Waals surface area contributed by atoms with E-state index in [0.29, 0.717) is 0 Å². The van der Waals surface area contributed by atoms with Crippen molar-refractivity contribution in [1.29, 1.82) is 5.26 Å². The molecule has 0 bridgehead atoms. The number of aliphatic hydroxyl groups is 1. The molecule has 0 unspecified atom stereocenters. The number of sulfone groups is 1. The van der Waals surface area contributed by atoms with E-state index in [4.69, 9.17) is 0 Å². The van der Waals surface area contributed by atoms with E-state index in [1.165, 1.54) is 12.1 Å². The maximum absolute atomic E-state index is 12.8. The smallest absolute Gasteiger partial charge is 0.183 e. The normalized spacial score (nSPS) is 27.1. The monoisotopic (exact) mass is 313 g/mol. The van der Waals surface area contributed by atoms with E-state index in [9.17, 15) is 18.8 Å². The Hall–Kier alpha value is -2.16. The van der Waals surface area contributed by atoms with Crippen LogP contribution in [0.25, 0.3) is 0 Å². The molecule has 0 radical (unpaired) electrons. The second-order valence-electron chi connectivity index (χ2n) is 5.48. The molecule has 0 amide bonds. The molecule has 0 spiro atoms. The molecule has 112 valence electrons. The molecule has 0 aliphatic heterocycles. The van der Waals surface area contributed by atoms with Gasteiger partial charge in [0.05, 0.1) is 22.8 Å². The first-order valence-corrected chi connectivity index (χ1v) is 8.48. The molecular weight excluding hydrogens is 298 g/mol. The number of benzene rings is 2. The number of nitriles is 1. The molecule has 1 saturated carbocycles. The summed E-state index contributed by atoms with van der Waals surface area (Å²) in [6.45, 7) is -0.472. The summed E-state index contributed by atoms with van der Waals surface area (Å²) >= 11 is 0. The standard InChI is InChI=1S/C17H15NO3S/c18-11-17(12-19)15(13-7-3-1-4-8-13)16(17)22(20,21)14-9-5-2-6-10-14/h1-10,15-16,19H,12H2/t15-,16-,17+/m1/s1. The van der Waals surface area contributed by atoms with Crippen LogP contribution in [0, 0.1) is 16.7 Å². The van der Waals surface area contributed by atoms with Crippen LogP contribution in [-0.4, -0.2) is 25.4 Å². The van der Waals surface area contributed by atoms with Gasteiger partial charge in [0.1, 0.15) is 5.41 Å². The third-order valence-electron chi connectivity index (χ3n) is 4.29. The zero-order valence-corrected chi connectivity index (χ0v) is 12.6. The second kappa shape index (κ2) is 5.24. The van der Waals surface area contributed by atoms with Gasteiger partial charge in [-0.05, 0) is 17.7 Å². The minimum atomic E-state index is -3.68. The highest BCUT2D eigenvalue weighted by Gasteiger charge is 2.72. The topological polar surface area (TPSA) is 78.2 Å².